The minimum absolute atomic E-state index is 0.0607. The summed E-state index contributed by atoms with van der Waals surface area (Å²) in [6.07, 6.45) is 0. The number of hydrogen-bond acceptors (Lipinski definition) is 5. The standard InChI is InChI=1S/C19H18Cl2N4O5/c1-2-30-19(27)15-16(13-9-5-3-6-10-13)22-18(26)17(15)25(21,23(20)24(28)29)14-11-7-4-8-12-14/h3-12,15-17H,2H2,1H3/p+1. The Kier molecular flexibility index (Phi) is 6.45. The summed E-state index contributed by atoms with van der Waals surface area (Å²) in [5.74, 6) is -2.57. The molecular formula is C19H19Cl2N4O5+. The lowest BCUT2D eigenvalue weighted by Gasteiger charge is -2.33. The third-order valence-corrected chi connectivity index (χ3v) is 5.83. The fourth-order valence-electron chi connectivity index (χ4n) is 3.60. The van der Waals surface area contributed by atoms with Gasteiger partial charge in [-0.15, -0.1) is 0 Å². The molecule has 0 saturated carbocycles. The number of esters is 1. The summed E-state index contributed by atoms with van der Waals surface area (Å²) in [5.41, 5.74) is 0.763. The number of nitro groups is 1. The molecular weight excluding hydrogens is 435 g/mol. The Morgan fingerprint density at radius 1 is 1.20 bits per heavy atom. The summed E-state index contributed by atoms with van der Waals surface area (Å²) >= 11 is 12.7. The Balaban J connectivity index is 2.18. The van der Waals surface area contributed by atoms with Crippen molar-refractivity contribution in [3.8, 4) is 0 Å². The van der Waals surface area contributed by atoms with Crippen LogP contribution in [0.25, 0.3) is 0 Å². The van der Waals surface area contributed by atoms with E-state index in [1.54, 1.807) is 55.5 Å². The third-order valence-electron chi connectivity index (χ3n) is 4.84. The highest BCUT2D eigenvalue weighted by atomic mass is 35.5. The molecule has 1 aliphatic rings. The van der Waals surface area contributed by atoms with Gasteiger partial charge in [0.1, 0.15) is 17.7 Å². The van der Waals surface area contributed by atoms with Crippen LogP contribution in [0.15, 0.2) is 60.7 Å². The van der Waals surface area contributed by atoms with Crippen molar-refractivity contribution in [1.82, 2.24) is 14.1 Å². The summed E-state index contributed by atoms with van der Waals surface area (Å²) in [6.45, 7) is 1.69. The number of halogens is 2. The monoisotopic (exact) mass is 453 g/mol. The van der Waals surface area contributed by atoms with E-state index in [9.17, 15) is 19.7 Å². The van der Waals surface area contributed by atoms with Crippen molar-refractivity contribution in [1.29, 1.82) is 0 Å². The van der Waals surface area contributed by atoms with Crippen LogP contribution in [0.1, 0.15) is 18.5 Å². The summed E-state index contributed by atoms with van der Waals surface area (Å²) < 4.78 is 4.00. The number of rotatable bonds is 7. The first-order valence-corrected chi connectivity index (χ1v) is 9.76. The van der Waals surface area contributed by atoms with E-state index < -0.39 is 39.0 Å². The quantitative estimate of drug-likeness (QED) is 0.299. The fraction of sp³-hybridized carbons (Fsp3) is 0.263. The van der Waals surface area contributed by atoms with Crippen LogP contribution in [-0.4, -0.2) is 34.2 Å². The maximum absolute atomic E-state index is 13.1. The Hall–Kier alpha value is -2.88. The first-order valence-electron chi connectivity index (χ1n) is 9.09. The maximum atomic E-state index is 13.1. The summed E-state index contributed by atoms with van der Waals surface area (Å²) in [4.78, 5) is 37.6. The number of para-hydroxylation sites is 1. The molecule has 1 amide bonds. The Labute approximate surface area is 182 Å². The number of ether oxygens (including phenoxy) is 1. The lowest BCUT2D eigenvalue weighted by molar-refractivity contribution is -0.653. The van der Waals surface area contributed by atoms with E-state index in [4.69, 9.17) is 28.3 Å². The predicted octanol–water partition coefficient (Wildman–Crippen LogP) is 3.13. The van der Waals surface area contributed by atoms with E-state index in [0.717, 1.165) is 0 Å². The van der Waals surface area contributed by atoms with Crippen molar-refractivity contribution >= 4 is 41.1 Å². The molecule has 0 bridgehead atoms. The molecule has 11 heteroatoms. The molecule has 3 rings (SSSR count). The smallest absolute Gasteiger partial charge is 0.318 e. The van der Waals surface area contributed by atoms with Crippen molar-refractivity contribution in [2.75, 3.05) is 6.61 Å². The highest BCUT2D eigenvalue weighted by molar-refractivity contribution is 6.27. The zero-order valence-electron chi connectivity index (χ0n) is 15.9. The van der Waals surface area contributed by atoms with Gasteiger partial charge in [0.15, 0.2) is 10.3 Å². The van der Waals surface area contributed by atoms with Crippen molar-refractivity contribution in [3.05, 3.63) is 76.3 Å². The van der Waals surface area contributed by atoms with Gasteiger partial charge in [0.05, 0.1) is 12.6 Å². The van der Waals surface area contributed by atoms with Crippen LogP contribution in [0.3, 0.4) is 0 Å². The molecule has 4 unspecified atom stereocenters. The van der Waals surface area contributed by atoms with E-state index >= 15 is 0 Å². The molecule has 0 aromatic heterocycles. The Morgan fingerprint density at radius 2 is 1.77 bits per heavy atom. The number of amides is 1. The van der Waals surface area contributed by atoms with E-state index in [0.29, 0.717) is 5.56 Å². The summed E-state index contributed by atoms with van der Waals surface area (Å²) in [5, 5.41) is 13.4. The summed E-state index contributed by atoms with van der Waals surface area (Å²) in [6, 6.07) is 14.3. The number of carbonyl (C=O) groups excluding carboxylic acids is 2. The average molecular weight is 454 g/mol. The number of hydrazine groups is 1. The maximum Gasteiger partial charge on any atom is 0.318 e. The normalized spacial score (nSPS) is 22.6. The van der Waals surface area contributed by atoms with E-state index in [2.05, 4.69) is 5.32 Å². The largest absolute Gasteiger partial charge is 0.466 e. The van der Waals surface area contributed by atoms with Gasteiger partial charge in [-0.3, -0.25) is 9.59 Å². The second kappa shape index (κ2) is 8.86. The average Bonchev–Trinajstić information content (AvgIpc) is 3.11. The number of nitrogens with one attached hydrogen (secondary N) is 1. The minimum Gasteiger partial charge on any atom is -0.466 e. The van der Waals surface area contributed by atoms with Gasteiger partial charge in [0, 0.05) is 12.1 Å². The van der Waals surface area contributed by atoms with Crippen LogP contribution in [0, 0.1) is 16.0 Å². The number of benzene rings is 2. The van der Waals surface area contributed by atoms with Crippen LogP contribution in [-0.2, 0) is 14.3 Å². The van der Waals surface area contributed by atoms with Gasteiger partial charge in [-0.1, -0.05) is 48.5 Å². The van der Waals surface area contributed by atoms with E-state index in [1.165, 1.54) is 12.1 Å². The van der Waals surface area contributed by atoms with Gasteiger partial charge in [0.2, 0.25) is 22.9 Å². The van der Waals surface area contributed by atoms with Crippen LogP contribution in [0.2, 0.25) is 0 Å². The molecule has 1 N–H and O–H groups in total. The highest BCUT2D eigenvalue weighted by Gasteiger charge is 2.65. The topological polar surface area (TPSA) is 102 Å². The van der Waals surface area contributed by atoms with Gasteiger partial charge in [-0.25, -0.2) is 10.1 Å². The number of quaternary nitrogens is 1. The molecule has 9 nitrogen and oxygen atoms in total. The number of hydrogen-bond donors (Lipinski definition) is 1. The van der Waals surface area contributed by atoms with Gasteiger partial charge in [0.25, 0.3) is 5.91 Å². The highest BCUT2D eigenvalue weighted by Crippen LogP contribution is 2.44. The molecule has 30 heavy (non-hydrogen) atoms. The van der Waals surface area contributed by atoms with Crippen LogP contribution in [0.4, 0.5) is 5.69 Å². The van der Waals surface area contributed by atoms with Gasteiger partial charge < -0.3 is 10.1 Å². The summed E-state index contributed by atoms with van der Waals surface area (Å²) in [7, 11) is 0. The van der Waals surface area contributed by atoms with Gasteiger partial charge >= 0.3 is 5.97 Å². The van der Waals surface area contributed by atoms with Crippen molar-refractivity contribution in [3.63, 3.8) is 0 Å². The van der Waals surface area contributed by atoms with E-state index in [-0.39, 0.29) is 16.9 Å². The fourth-order valence-corrected chi connectivity index (χ4v) is 4.16. The minimum atomic E-state index is -1.47. The second-order valence-electron chi connectivity index (χ2n) is 6.54. The van der Waals surface area contributed by atoms with E-state index in [1.807, 2.05) is 0 Å². The van der Waals surface area contributed by atoms with Crippen LogP contribution >= 0.6 is 23.6 Å². The zero-order valence-corrected chi connectivity index (χ0v) is 17.4. The lowest BCUT2D eigenvalue weighted by atomic mass is 9.90. The molecule has 0 spiro atoms. The molecule has 1 fully saturated rings. The second-order valence-corrected chi connectivity index (χ2v) is 7.35. The van der Waals surface area contributed by atoms with Crippen molar-refractivity contribution < 1.29 is 19.4 Å². The Morgan fingerprint density at radius 3 is 2.30 bits per heavy atom. The van der Waals surface area contributed by atoms with Crippen molar-refractivity contribution in [2.45, 2.75) is 19.0 Å². The molecule has 1 heterocycles. The molecule has 1 aliphatic heterocycles. The first kappa shape index (κ1) is 21.8. The zero-order chi connectivity index (χ0) is 21.9. The molecule has 0 radical (unpaired) electrons. The molecule has 158 valence electrons. The number of carbonyl (C=O) groups is 2. The predicted molar refractivity (Wildman–Crippen MR) is 110 cm³/mol. The Bertz CT molecular complexity index is 933. The molecule has 2 aromatic rings. The van der Waals surface area contributed by atoms with Gasteiger partial charge in [-0.2, -0.15) is 0 Å². The molecule has 1 saturated heterocycles. The first-order chi connectivity index (χ1) is 14.3. The molecule has 2 aromatic carbocycles. The van der Waals surface area contributed by atoms with Crippen LogP contribution < -0.4 is 9.43 Å². The SMILES string of the molecule is CCOC(=O)C1C(c2ccccc2)NC(=O)C1[N+](Cl)(c1ccccc1)N(Cl)[N+](=O)[O-]. The van der Waals surface area contributed by atoms with Gasteiger partial charge in [-0.05, 0) is 16.6 Å². The lowest BCUT2D eigenvalue weighted by Crippen LogP contribution is -2.63. The third kappa shape index (κ3) is 3.79. The van der Waals surface area contributed by atoms with Crippen LogP contribution in [0.5, 0.6) is 0 Å². The van der Waals surface area contributed by atoms with Crippen molar-refractivity contribution in [2.24, 2.45) is 5.92 Å². The molecule has 4 atom stereocenters. The number of nitrogens with zero attached hydrogens (tertiary/aromatic N) is 3. The molecule has 0 aliphatic carbocycles.